The van der Waals surface area contributed by atoms with Crippen LogP contribution in [-0.2, 0) is 0 Å². The highest BCUT2D eigenvalue weighted by Crippen LogP contribution is 2.42. The number of allylic oxidation sites excluding steroid dienone is 1. The Morgan fingerprint density at radius 3 is 2.62 bits per heavy atom. The first-order valence-corrected chi connectivity index (χ1v) is 8.18. The van der Waals surface area contributed by atoms with Gasteiger partial charge in [0.05, 0.1) is 19.9 Å². The average molecular weight is 355 g/mol. The smallest absolute Gasteiger partial charge is 0.204 e. The SMILES string of the molecule is COc1cc(C(=O)C(C)=Cc2ccc3c(c2OC)OCCO3)ccc1N. The molecule has 2 aromatic carbocycles. The second-order valence-electron chi connectivity index (χ2n) is 5.83. The molecule has 0 radical (unpaired) electrons. The van der Waals surface area contributed by atoms with Crippen molar-refractivity contribution >= 4 is 17.5 Å². The molecule has 6 nitrogen and oxygen atoms in total. The molecule has 0 unspecified atom stereocenters. The molecule has 2 aromatic rings. The fourth-order valence-electron chi connectivity index (χ4n) is 2.81. The summed E-state index contributed by atoms with van der Waals surface area (Å²) in [6, 6.07) is 8.62. The van der Waals surface area contributed by atoms with E-state index in [1.54, 1.807) is 38.3 Å². The van der Waals surface area contributed by atoms with Crippen molar-refractivity contribution in [1.29, 1.82) is 0 Å². The van der Waals surface area contributed by atoms with E-state index in [4.69, 9.17) is 24.7 Å². The third kappa shape index (κ3) is 3.31. The van der Waals surface area contributed by atoms with Crippen LogP contribution in [0.3, 0.4) is 0 Å². The van der Waals surface area contributed by atoms with Crippen LogP contribution in [0.1, 0.15) is 22.8 Å². The number of fused-ring (bicyclic) bond motifs is 1. The van der Waals surface area contributed by atoms with Crippen molar-refractivity contribution in [3.05, 3.63) is 47.0 Å². The summed E-state index contributed by atoms with van der Waals surface area (Å²) in [6.45, 7) is 2.71. The van der Waals surface area contributed by atoms with Crippen molar-refractivity contribution in [2.45, 2.75) is 6.92 Å². The molecule has 6 heteroatoms. The van der Waals surface area contributed by atoms with Gasteiger partial charge in [-0.1, -0.05) is 0 Å². The van der Waals surface area contributed by atoms with Crippen LogP contribution in [0.2, 0.25) is 0 Å². The number of carbonyl (C=O) groups excluding carboxylic acids is 1. The molecule has 0 fully saturated rings. The molecule has 0 saturated carbocycles. The van der Waals surface area contributed by atoms with Crippen LogP contribution in [0, 0.1) is 0 Å². The van der Waals surface area contributed by atoms with Crippen molar-refractivity contribution in [3.63, 3.8) is 0 Å². The lowest BCUT2D eigenvalue weighted by Crippen LogP contribution is -2.16. The molecule has 3 rings (SSSR count). The molecule has 0 bridgehead atoms. The lowest BCUT2D eigenvalue weighted by molar-refractivity contribution is 0.103. The van der Waals surface area contributed by atoms with E-state index in [2.05, 4.69) is 0 Å². The number of ketones is 1. The topological polar surface area (TPSA) is 80.0 Å². The summed E-state index contributed by atoms with van der Waals surface area (Å²) < 4.78 is 21.9. The average Bonchev–Trinajstić information content (AvgIpc) is 2.67. The predicted octanol–water partition coefficient (Wildman–Crippen LogP) is 3.34. The Kier molecular flexibility index (Phi) is 5.02. The number of nitrogen functional groups attached to an aromatic ring is 1. The normalized spacial score (nSPS) is 13.3. The molecule has 26 heavy (non-hydrogen) atoms. The van der Waals surface area contributed by atoms with Gasteiger partial charge in [0.2, 0.25) is 5.75 Å². The minimum absolute atomic E-state index is 0.125. The van der Waals surface area contributed by atoms with Crippen LogP contribution < -0.4 is 24.7 Å². The van der Waals surface area contributed by atoms with Crippen molar-refractivity contribution in [2.75, 3.05) is 33.2 Å². The molecule has 1 aliphatic heterocycles. The van der Waals surface area contributed by atoms with Crippen molar-refractivity contribution in [3.8, 4) is 23.0 Å². The maximum Gasteiger partial charge on any atom is 0.204 e. The summed E-state index contributed by atoms with van der Waals surface area (Å²) in [5, 5.41) is 0. The maximum absolute atomic E-state index is 12.8. The molecule has 0 atom stereocenters. The Labute approximate surface area is 152 Å². The van der Waals surface area contributed by atoms with Gasteiger partial charge in [0.1, 0.15) is 19.0 Å². The lowest BCUT2D eigenvalue weighted by atomic mass is 10.0. The van der Waals surface area contributed by atoms with Crippen LogP contribution in [0.4, 0.5) is 5.69 Å². The van der Waals surface area contributed by atoms with E-state index in [9.17, 15) is 4.79 Å². The zero-order valence-corrected chi connectivity index (χ0v) is 15.0. The number of hydrogen-bond acceptors (Lipinski definition) is 6. The zero-order chi connectivity index (χ0) is 18.7. The number of methoxy groups -OCH3 is 2. The van der Waals surface area contributed by atoms with Crippen LogP contribution in [0.5, 0.6) is 23.0 Å². The molecule has 0 amide bonds. The molecule has 0 saturated heterocycles. The van der Waals surface area contributed by atoms with Crippen LogP contribution in [0.15, 0.2) is 35.9 Å². The van der Waals surface area contributed by atoms with Crippen LogP contribution in [-0.4, -0.2) is 33.2 Å². The van der Waals surface area contributed by atoms with Gasteiger partial charge in [-0.25, -0.2) is 0 Å². The molecule has 2 N–H and O–H groups in total. The van der Waals surface area contributed by atoms with E-state index >= 15 is 0 Å². The highest BCUT2D eigenvalue weighted by molar-refractivity contribution is 6.11. The van der Waals surface area contributed by atoms with Gasteiger partial charge in [-0.2, -0.15) is 0 Å². The molecule has 1 heterocycles. The summed E-state index contributed by atoms with van der Waals surface area (Å²) in [5.74, 6) is 2.09. The number of anilines is 1. The largest absolute Gasteiger partial charge is 0.495 e. The first-order chi connectivity index (χ1) is 12.5. The van der Waals surface area contributed by atoms with E-state index < -0.39 is 0 Å². The third-order valence-corrected chi connectivity index (χ3v) is 4.12. The van der Waals surface area contributed by atoms with Crippen molar-refractivity contribution < 1.29 is 23.7 Å². The summed E-state index contributed by atoms with van der Waals surface area (Å²) in [4.78, 5) is 12.8. The third-order valence-electron chi connectivity index (χ3n) is 4.12. The molecule has 136 valence electrons. The van der Waals surface area contributed by atoms with E-state index in [1.165, 1.54) is 7.11 Å². The minimum Gasteiger partial charge on any atom is -0.495 e. The number of benzene rings is 2. The zero-order valence-electron chi connectivity index (χ0n) is 15.0. The van der Waals surface area contributed by atoms with E-state index in [0.29, 0.717) is 53.0 Å². The van der Waals surface area contributed by atoms with Gasteiger partial charge in [-0.05, 0) is 48.9 Å². The first-order valence-electron chi connectivity index (χ1n) is 8.18. The second-order valence-corrected chi connectivity index (χ2v) is 5.83. The number of rotatable bonds is 5. The van der Waals surface area contributed by atoms with Gasteiger partial charge in [0.15, 0.2) is 17.3 Å². The molecular formula is C20H21NO5. The van der Waals surface area contributed by atoms with Crippen LogP contribution >= 0.6 is 0 Å². The molecule has 0 aliphatic carbocycles. The van der Waals surface area contributed by atoms with Crippen molar-refractivity contribution in [2.24, 2.45) is 0 Å². The Morgan fingerprint density at radius 2 is 1.88 bits per heavy atom. The standard InChI is InChI=1S/C20H21NO5/c1-12(18(22)13-4-6-15(21)17(11-13)23-2)10-14-5-7-16-20(19(14)24-3)26-9-8-25-16/h4-7,10-11H,8-9,21H2,1-3H3. The Hall–Kier alpha value is -3.15. The van der Waals surface area contributed by atoms with Gasteiger partial charge in [-0.15, -0.1) is 0 Å². The number of ether oxygens (including phenoxy) is 4. The van der Waals surface area contributed by atoms with E-state index in [1.807, 2.05) is 12.1 Å². The van der Waals surface area contributed by atoms with E-state index in [-0.39, 0.29) is 5.78 Å². The quantitative estimate of drug-likeness (QED) is 0.503. The molecule has 0 spiro atoms. The van der Waals surface area contributed by atoms with Crippen LogP contribution in [0.25, 0.3) is 6.08 Å². The number of carbonyl (C=O) groups is 1. The summed E-state index contributed by atoms with van der Waals surface area (Å²) in [6.07, 6.45) is 1.77. The van der Waals surface area contributed by atoms with Gasteiger partial charge >= 0.3 is 0 Å². The minimum atomic E-state index is -0.125. The number of hydrogen-bond donors (Lipinski definition) is 1. The predicted molar refractivity (Wildman–Crippen MR) is 99.4 cm³/mol. The fourth-order valence-corrected chi connectivity index (χ4v) is 2.81. The number of Topliss-reactive ketones (excluding diaryl/α,β-unsaturated/α-hetero) is 1. The Morgan fingerprint density at radius 1 is 1.12 bits per heavy atom. The van der Waals surface area contributed by atoms with Gasteiger partial charge in [0, 0.05) is 11.1 Å². The summed E-state index contributed by atoms with van der Waals surface area (Å²) in [7, 11) is 3.08. The summed E-state index contributed by atoms with van der Waals surface area (Å²) >= 11 is 0. The highest BCUT2D eigenvalue weighted by Gasteiger charge is 2.20. The van der Waals surface area contributed by atoms with Gasteiger partial charge < -0.3 is 24.7 Å². The first kappa shape index (κ1) is 17.7. The fraction of sp³-hybridized carbons (Fsp3) is 0.250. The highest BCUT2D eigenvalue weighted by atomic mass is 16.6. The Bertz CT molecular complexity index is 873. The summed E-state index contributed by atoms with van der Waals surface area (Å²) in [5.41, 5.74) is 8.08. The Balaban J connectivity index is 1.96. The molecule has 0 aromatic heterocycles. The maximum atomic E-state index is 12.8. The monoisotopic (exact) mass is 355 g/mol. The molecular weight excluding hydrogens is 334 g/mol. The van der Waals surface area contributed by atoms with Gasteiger partial charge in [-0.3, -0.25) is 4.79 Å². The second kappa shape index (κ2) is 7.39. The van der Waals surface area contributed by atoms with Gasteiger partial charge in [0.25, 0.3) is 0 Å². The lowest BCUT2D eigenvalue weighted by Gasteiger charge is -2.21. The van der Waals surface area contributed by atoms with Crippen molar-refractivity contribution in [1.82, 2.24) is 0 Å². The number of nitrogens with two attached hydrogens (primary N) is 1. The molecule has 1 aliphatic rings. The van der Waals surface area contributed by atoms with E-state index in [0.717, 1.165) is 5.56 Å².